The van der Waals surface area contributed by atoms with E-state index in [2.05, 4.69) is 0 Å². The number of benzene rings is 1. The van der Waals surface area contributed by atoms with Gasteiger partial charge in [-0.25, -0.2) is 4.79 Å². The zero-order valence-corrected chi connectivity index (χ0v) is 11.2. The van der Waals surface area contributed by atoms with E-state index in [0.29, 0.717) is 23.6 Å². The summed E-state index contributed by atoms with van der Waals surface area (Å²) in [6, 6.07) is 4.87. The summed E-state index contributed by atoms with van der Waals surface area (Å²) in [5, 5.41) is 8.63. The van der Waals surface area contributed by atoms with Crippen LogP contribution in [0.15, 0.2) is 18.2 Å². The van der Waals surface area contributed by atoms with Crippen molar-refractivity contribution in [2.75, 3.05) is 26.1 Å². The highest BCUT2D eigenvalue weighted by Crippen LogP contribution is 2.22. The second-order valence-corrected chi connectivity index (χ2v) is 4.23. The summed E-state index contributed by atoms with van der Waals surface area (Å²) in [7, 11) is 1.50. The van der Waals surface area contributed by atoms with Gasteiger partial charge in [0.2, 0.25) is 0 Å². The second kappa shape index (κ2) is 8.37. The summed E-state index contributed by atoms with van der Waals surface area (Å²) >= 11 is 0. The standard InChI is InChI=1S/C14H21NO4/c1-18-13-7-6-11(15)10-12(13)14(17)19-9-5-3-2-4-8-16/h6-7,10,16H,2-5,8-9,15H2,1H3. The lowest BCUT2D eigenvalue weighted by molar-refractivity contribution is 0.0493. The molecule has 0 aromatic heterocycles. The van der Waals surface area contributed by atoms with E-state index in [4.69, 9.17) is 20.3 Å². The van der Waals surface area contributed by atoms with Gasteiger partial charge in [0.15, 0.2) is 0 Å². The van der Waals surface area contributed by atoms with Crippen LogP contribution in [0.4, 0.5) is 5.69 Å². The molecule has 1 aromatic carbocycles. The largest absolute Gasteiger partial charge is 0.496 e. The van der Waals surface area contributed by atoms with Crippen LogP contribution in [0, 0.1) is 0 Å². The Morgan fingerprint density at radius 1 is 1.26 bits per heavy atom. The maximum absolute atomic E-state index is 11.9. The third-order valence-electron chi connectivity index (χ3n) is 2.73. The maximum atomic E-state index is 11.9. The van der Waals surface area contributed by atoms with Crippen molar-refractivity contribution in [3.8, 4) is 5.75 Å². The minimum Gasteiger partial charge on any atom is -0.496 e. The van der Waals surface area contributed by atoms with Gasteiger partial charge < -0.3 is 20.3 Å². The molecular formula is C14H21NO4. The fourth-order valence-corrected chi connectivity index (χ4v) is 1.70. The van der Waals surface area contributed by atoms with Crippen LogP contribution in [0.3, 0.4) is 0 Å². The van der Waals surface area contributed by atoms with E-state index in [9.17, 15) is 4.79 Å². The van der Waals surface area contributed by atoms with Gasteiger partial charge in [0.05, 0.1) is 13.7 Å². The number of aliphatic hydroxyl groups is 1. The molecule has 0 aliphatic rings. The van der Waals surface area contributed by atoms with Crippen molar-refractivity contribution in [1.29, 1.82) is 0 Å². The molecule has 0 bridgehead atoms. The zero-order valence-electron chi connectivity index (χ0n) is 11.2. The number of esters is 1. The topological polar surface area (TPSA) is 81.8 Å². The summed E-state index contributed by atoms with van der Waals surface area (Å²) in [5.74, 6) is 0.0331. The lowest BCUT2D eigenvalue weighted by Gasteiger charge is -2.09. The quantitative estimate of drug-likeness (QED) is 0.427. The minimum absolute atomic E-state index is 0.209. The first-order valence-electron chi connectivity index (χ1n) is 6.40. The predicted octanol–water partition coefficient (Wildman–Crippen LogP) is 1.99. The zero-order chi connectivity index (χ0) is 14.1. The number of nitrogen functional groups attached to an aromatic ring is 1. The first-order chi connectivity index (χ1) is 9.19. The average molecular weight is 267 g/mol. The Labute approximate surface area is 113 Å². The average Bonchev–Trinajstić information content (AvgIpc) is 2.42. The number of hydrogen-bond donors (Lipinski definition) is 2. The Bertz CT molecular complexity index is 406. The molecule has 5 heteroatoms. The van der Waals surface area contributed by atoms with Crippen molar-refractivity contribution in [2.45, 2.75) is 25.7 Å². The number of hydrogen-bond acceptors (Lipinski definition) is 5. The molecule has 106 valence electrons. The molecule has 0 saturated heterocycles. The van der Waals surface area contributed by atoms with Crippen molar-refractivity contribution < 1.29 is 19.4 Å². The molecule has 0 heterocycles. The smallest absolute Gasteiger partial charge is 0.341 e. The molecule has 0 fully saturated rings. The van der Waals surface area contributed by atoms with Gasteiger partial charge in [0.1, 0.15) is 11.3 Å². The summed E-state index contributed by atoms with van der Waals surface area (Å²) in [6.45, 7) is 0.572. The van der Waals surface area contributed by atoms with Crippen molar-refractivity contribution >= 4 is 11.7 Å². The highest BCUT2D eigenvalue weighted by atomic mass is 16.5. The third kappa shape index (κ3) is 5.18. The Kier molecular flexibility index (Phi) is 6.74. The molecular weight excluding hydrogens is 246 g/mol. The number of unbranched alkanes of at least 4 members (excludes halogenated alkanes) is 3. The molecule has 0 saturated carbocycles. The maximum Gasteiger partial charge on any atom is 0.341 e. The van der Waals surface area contributed by atoms with E-state index in [1.807, 2.05) is 0 Å². The number of carbonyl (C=O) groups is 1. The number of ether oxygens (including phenoxy) is 2. The molecule has 0 atom stereocenters. The van der Waals surface area contributed by atoms with E-state index in [1.165, 1.54) is 7.11 Å². The van der Waals surface area contributed by atoms with E-state index in [0.717, 1.165) is 25.7 Å². The van der Waals surface area contributed by atoms with Crippen LogP contribution in [0.2, 0.25) is 0 Å². The van der Waals surface area contributed by atoms with Gasteiger partial charge in [0.25, 0.3) is 0 Å². The van der Waals surface area contributed by atoms with Gasteiger partial charge in [-0.05, 0) is 37.5 Å². The molecule has 1 aromatic rings. The van der Waals surface area contributed by atoms with Crippen molar-refractivity contribution in [3.63, 3.8) is 0 Å². The minimum atomic E-state index is -0.425. The molecule has 1 rings (SSSR count). The number of rotatable bonds is 8. The van der Waals surface area contributed by atoms with Crippen LogP contribution >= 0.6 is 0 Å². The van der Waals surface area contributed by atoms with Gasteiger partial charge in [-0.15, -0.1) is 0 Å². The molecule has 5 nitrogen and oxygen atoms in total. The van der Waals surface area contributed by atoms with Crippen LogP contribution in [0.25, 0.3) is 0 Å². The second-order valence-electron chi connectivity index (χ2n) is 4.23. The Morgan fingerprint density at radius 3 is 2.68 bits per heavy atom. The molecule has 0 amide bonds. The monoisotopic (exact) mass is 267 g/mol. The highest BCUT2D eigenvalue weighted by molar-refractivity contribution is 5.93. The summed E-state index contributed by atoms with van der Waals surface area (Å²) in [4.78, 5) is 11.9. The van der Waals surface area contributed by atoms with E-state index in [1.54, 1.807) is 18.2 Å². The molecule has 0 aliphatic heterocycles. The van der Waals surface area contributed by atoms with E-state index in [-0.39, 0.29) is 6.61 Å². The third-order valence-corrected chi connectivity index (χ3v) is 2.73. The number of carbonyl (C=O) groups excluding carboxylic acids is 1. The highest BCUT2D eigenvalue weighted by Gasteiger charge is 2.13. The molecule has 0 aliphatic carbocycles. The fraction of sp³-hybridized carbons (Fsp3) is 0.500. The van der Waals surface area contributed by atoms with Crippen molar-refractivity contribution in [2.24, 2.45) is 0 Å². The molecule has 0 spiro atoms. The molecule has 3 N–H and O–H groups in total. The van der Waals surface area contributed by atoms with E-state index >= 15 is 0 Å². The Morgan fingerprint density at radius 2 is 2.00 bits per heavy atom. The van der Waals surface area contributed by atoms with Crippen molar-refractivity contribution in [3.05, 3.63) is 23.8 Å². The number of anilines is 1. The van der Waals surface area contributed by atoms with Crippen molar-refractivity contribution in [1.82, 2.24) is 0 Å². The first kappa shape index (κ1) is 15.3. The first-order valence-corrected chi connectivity index (χ1v) is 6.40. The summed E-state index contributed by atoms with van der Waals surface area (Å²) < 4.78 is 10.3. The Hall–Kier alpha value is -1.75. The normalized spacial score (nSPS) is 10.2. The number of aliphatic hydroxyl groups excluding tert-OH is 1. The van der Waals surface area contributed by atoms with Gasteiger partial charge in [-0.2, -0.15) is 0 Å². The SMILES string of the molecule is COc1ccc(N)cc1C(=O)OCCCCCCO. The lowest BCUT2D eigenvalue weighted by Crippen LogP contribution is -2.09. The van der Waals surface area contributed by atoms with Gasteiger partial charge in [-0.3, -0.25) is 0 Å². The van der Waals surface area contributed by atoms with Gasteiger partial charge >= 0.3 is 5.97 Å². The fourth-order valence-electron chi connectivity index (χ4n) is 1.70. The van der Waals surface area contributed by atoms with Crippen LogP contribution in [0.5, 0.6) is 5.75 Å². The number of methoxy groups -OCH3 is 1. The summed E-state index contributed by atoms with van der Waals surface area (Å²) in [6.07, 6.45) is 3.45. The molecule has 0 radical (unpaired) electrons. The molecule has 0 unspecified atom stereocenters. The lowest BCUT2D eigenvalue weighted by atomic mass is 10.2. The molecule has 19 heavy (non-hydrogen) atoms. The van der Waals surface area contributed by atoms with Crippen LogP contribution in [-0.2, 0) is 4.74 Å². The number of nitrogens with two attached hydrogens (primary N) is 1. The van der Waals surface area contributed by atoms with Gasteiger partial charge in [-0.1, -0.05) is 6.42 Å². The Balaban J connectivity index is 2.43. The van der Waals surface area contributed by atoms with Crippen LogP contribution in [-0.4, -0.2) is 31.4 Å². The van der Waals surface area contributed by atoms with E-state index < -0.39 is 5.97 Å². The summed E-state index contributed by atoms with van der Waals surface area (Å²) in [5.41, 5.74) is 6.48. The van der Waals surface area contributed by atoms with Crippen LogP contribution < -0.4 is 10.5 Å². The van der Waals surface area contributed by atoms with Gasteiger partial charge in [0, 0.05) is 12.3 Å². The predicted molar refractivity (Wildman–Crippen MR) is 73.2 cm³/mol. The van der Waals surface area contributed by atoms with Crippen LogP contribution in [0.1, 0.15) is 36.0 Å².